The van der Waals surface area contributed by atoms with Gasteiger partial charge in [0.15, 0.2) is 5.43 Å². The number of H-pyrrole nitrogens is 1. The van der Waals surface area contributed by atoms with Crippen molar-refractivity contribution >= 4 is 18.0 Å². The van der Waals surface area contributed by atoms with Gasteiger partial charge in [-0.25, -0.2) is 13.8 Å². The van der Waals surface area contributed by atoms with Crippen LogP contribution in [0, 0.1) is 0 Å². The Bertz CT molecular complexity index is 1000. The molecule has 2 aromatic heterocycles. The van der Waals surface area contributed by atoms with Crippen molar-refractivity contribution in [1.82, 2.24) is 9.97 Å². The van der Waals surface area contributed by atoms with Gasteiger partial charge in [0.25, 0.3) is 5.92 Å². The summed E-state index contributed by atoms with van der Waals surface area (Å²) < 4.78 is 66.8. The molecule has 0 atom stereocenters. The molecule has 154 valence electrons. The van der Waals surface area contributed by atoms with Gasteiger partial charge in [-0.3, -0.25) is 4.79 Å². The van der Waals surface area contributed by atoms with Crippen molar-refractivity contribution in [3.8, 4) is 11.3 Å². The fourth-order valence-corrected chi connectivity index (χ4v) is 3.22. The molecular formula is C20H18F5N3O. The van der Waals surface area contributed by atoms with E-state index in [0.717, 1.165) is 12.1 Å². The lowest BCUT2D eigenvalue weighted by Gasteiger charge is -2.33. The number of aromatic nitrogens is 2. The molecule has 3 heterocycles. The number of hydrogen-bond acceptors (Lipinski definition) is 3. The number of rotatable bonds is 4. The van der Waals surface area contributed by atoms with E-state index in [1.54, 1.807) is 0 Å². The smallest absolute Gasteiger partial charge is 0.356 e. The number of piperidine rings is 1. The monoisotopic (exact) mass is 411 g/mol. The first kappa shape index (κ1) is 20.8. The van der Waals surface area contributed by atoms with Crippen molar-refractivity contribution in [2.24, 2.45) is 0 Å². The van der Waals surface area contributed by atoms with Gasteiger partial charge in [-0.15, -0.1) is 0 Å². The van der Waals surface area contributed by atoms with Gasteiger partial charge in [-0.2, -0.15) is 13.2 Å². The first-order valence-corrected chi connectivity index (χ1v) is 8.78. The van der Waals surface area contributed by atoms with Crippen LogP contribution in [0.2, 0.25) is 0 Å². The van der Waals surface area contributed by atoms with E-state index in [2.05, 4.69) is 23.1 Å². The van der Waals surface area contributed by atoms with Crippen LogP contribution in [0.3, 0.4) is 0 Å². The summed E-state index contributed by atoms with van der Waals surface area (Å²) in [6.45, 7) is 7.00. The van der Waals surface area contributed by atoms with Gasteiger partial charge < -0.3 is 9.88 Å². The van der Waals surface area contributed by atoms with Crippen LogP contribution in [-0.2, 0) is 6.18 Å². The fraction of sp³-hybridized carbons (Fsp3) is 0.300. The Kier molecular flexibility index (Phi) is 5.34. The first-order valence-electron chi connectivity index (χ1n) is 8.78. The van der Waals surface area contributed by atoms with Gasteiger partial charge >= 0.3 is 6.18 Å². The van der Waals surface area contributed by atoms with Crippen LogP contribution in [-0.4, -0.2) is 29.0 Å². The second-order valence-electron chi connectivity index (χ2n) is 6.72. The van der Waals surface area contributed by atoms with Crippen LogP contribution in [0.25, 0.3) is 23.4 Å². The zero-order valence-electron chi connectivity index (χ0n) is 15.3. The van der Waals surface area contributed by atoms with Crippen LogP contribution in [0.5, 0.6) is 0 Å². The van der Waals surface area contributed by atoms with Gasteiger partial charge in [-0.05, 0) is 12.1 Å². The molecule has 0 radical (unpaired) electrons. The molecule has 0 aliphatic carbocycles. The topological polar surface area (TPSA) is 49.0 Å². The highest BCUT2D eigenvalue weighted by molar-refractivity contribution is 5.76. The largest absolute Gasteiger partial charge is 0.417 e. The van der Waals surface area contributed by atoms with E-state index >= 15 is 0 Å². The SMILES string of the molecule is C=Cc1[nH]c(-c2cc(C(F)(F)F)cnc2N2CCC(F)(F)CC2)cc(=O)c1C=C. The molecule has 0 unspecified atom stereocenters. The molecule has 4 nitrogen and oxygen atoms in total. The summed E-state index contributed by atoms with van der Waals surface area (Å²) in [6, 6.07) is 2.00. The molecule has 0 bridgehead atoms. The van der Waals surface area contributed by atoms with E-state index in [1.165, 1.54) is 17.1 Å². The number of nitrogens with zero attached hydrogens (tertiary/aromatic N) is 2. The molecule has 1 N–H and O–H groups in total. The second kappa shape index (κ2) is 7.46. The normalized spacial score (nSPS) is 16.5. The van der Waals surface area contributed by atoms with Crippen LogP contribution in [0.4, 0.5) is 27.8 Å². The number of halogens is 5. The summed E-state index contributed by atoms with van der Waals surface area (Å²) in [5.41, 5.74) is -0.870. The molecule has 2 aromatic rings. The average molecular weight is 411 g/mol. The lowest BCUT2D eigenvalue weighted by molar-refractivity contribution is -0.137. The van der Waals surface area contributed by atoms with E-state index in [4.69, 9.17) is 0 Å². The molecule has 0 spiro atoms. The summed E-state index contributed by atoms with van der Waals surface area (Å²) in [7, 11) is 0. The van der Waals surface area contributed by atoms with Gasteiger partial charge in [0.2, 0.25) is 0 Å². The molecule has 1 saturated heterocycles. The van der Waals surface area contributed by atoms with Crippen LogP contribution in [0.15, 0.2) is 36.3 Å². The molecule has 1 fully saturated rings. The predicted molar refractivity (Wildman–Crippen MR) is 102 cm³/mol. The predicted octanol–water partition coefficient (Wildman–Crippen LogP) is 4.98. The zero-order valence-corrected chi connectivity index (χ0v) is 15.3. The zero-order chi connectivity index (χ0) is 21.4. The molecule has 1 aliphatic rings. The summed E-state index contributed by atoms with van der Waals surface area (Å²) in [5.74, 6) is -2.72. The number of anilines is 1. The standard InChI is InChI=1S/C20H18F5N3O/c1-3-13-15(4-2)27-16(10-17(13)29)14-9-12(20(23,24)25)11-26-18(14)28-7-5-19(21,22)6-8-28/h3-4,9-11H,1-2,5-8H2,(H,27,29). The van der Waals surface area contributed by atoms with Crippen molar-refractivity contribution in [3.05, 3.63) is 58.5 Å². The third-order valence-corrected chi connectivity index (χ3v) is 4.79. The van der Waals surface area contributed by atoms with E-state index in [-0.39, 0.29) is 41.4 Å². The Morgan fingerprint density at radius 3 is 2.34 bits per heavy atom. The maximum Gasteiger partial charge on any atom is 0.417 e. The van der Waals surface area contributed by atoms with E-state index < -0.39 is 35.9 Å². The number of aromatic amines is 1. The average Bonchev–Trinajstić information content (AvgIpc) is 2.66. The third-order valence-electron chi connectivity index (χ3n) is 4.79. The van der Waals surface area contributed by atoms with Gasteiger partial charge in [0, 0.05) is 55.0 Å². The second-order valence-corrected chi connectivity index (χ2v) is 6.72. The third kappa shape index (κ3) is 4.23. The van der Waals surface area contributed by atoms with Gasteiger partial charge in [-0.1, -0.05) is 19.2 Å². The lowest BCUT2D eigenvalue weighted by Crippen LogP contribution is -2.40. The quantitative estimate of drug-likeness (QED) is 0.723. The van der Waals surface area contributed by atoms with Crippen LogP contribution in [0.1, 0.15) is 29.7 Å². The number of hydrogen-bond donors (Lipinski definition) is 1. The number of pyridine rings is 2. The van der Waals surface area contributed by atoms with Crippen molar-refractivity contribution in [2.45, 2.75) is 24.9 Å². The fourth-order valence-electron chi connectivity index (χ4n) is 3.22. The molecule has 9 heteroatoms. The minimum atomic E-state index is -4.65. The van der Waals surface area contributed by atoms with E-state index in [1.807, 2.05) is 0 Å². The first-order chi connectivity index (χ1) is 13.6. The number of nitrogens with one attached hydrogen (secondary N) is 1. The van der Waals surface area contributed by atoms with E-state index in [9.17, 15) is 26.7 Å². The molecule has 0 aromatic carbocycles. The summed E-state index contributed by atoms with van der Waals surface area (Å²) in [4.78, 5) is 20.7. The molecule has 0 saturated carbocycles. The molecule has 1 aliphatic heterocycles. The van der Waals surface area contributed by atoms with Crippen LogP contribution >= 0.6 is 0 Å². The minimum absolute atomic E-state index is 0.000790. The molecule has 29 heavy (non-hydrogen) atoms. The maximum atomic E-state index is 13.5. The Hall–Kier alpha value is -2.97. The Balaban J connectivity index is 2.18. The summed E-state index contributed by atoms with van der Waals surface area (Å²) >= 11 is 0. The lowest BCUT2D eigenvalue weighted by atomic mass is 10.0. The van der Waals surface area contributed by atoms with Gasteiger partial charge in [0.05, 0.1) is 11.3 Å². The number of alkyl halides is 5. The minimum Gasteiger partial charge on any atom is -0.356 e. The van der Waals surface area contributed by atoms with Crippen molar-refractivity contribution in [3.63, 3.8) is 0 Å². The highest BCUT2D eigenvalue weighted by Gasteiger charge is 2.36. The molecular weight excluding hydrogens is 393 g/mol. The maximum absolute atomic E-state index is 13.5. The van der Waals surface area contributed by atoms with E-state index in [0.29, 0.717) is 6.20 Å². The van der Waals surface area contributed by atoms with Crippen molar-refractivity contribution in [1.29, 1.82) is 0 Å². The summed E-state index contributed by atoms with van der Waals surface area (Å²) in [6.07, 6.45) is -2.19. The van der Waals surface area contributed by atoms with Gasteiger partial charge in [0.1, 0.15) is 5.82 Å². The van der Waals surface area contributed by atoms with Crippen molar-refractivity contribution in [2.75, 3.05) is 18.0 Å². The van der Waals surface area contributed by atoms with Crippen LogP contribution < -0.4 is 10.3 Å². The summed E-state index contributed by atoms with van der Waals surface area (Å²) in [5, 5.41) is 0. The highest BCUT2D eigenvalue weighted by atomic mass is 19.4. The molecule has 0 amide bonds. The Morgan fingerprint density at radius 2 is 1.79 bits per heavy atom. The Labute approximate surface area is 163 Å². The Morgan fingerprint density at radius 1 is 1.14 bits per heavy atom. The highest BCUT2D eigenvalue weighted by Crippen LogP contribution is 2.38. The molecule has 3 rings (SSSR count). The van der Waals surface area contributed by atoms with Crippen molar-refractivity contribution < 1.29 is 22.0 Å².